The number of aryl methyl sites for hydroxylation is 1. The maximum Gasteiger partial charge on any atom is 0.129 e. The first-order chi connectivity index (χ1) is 8.77. The molecule has 0 amide bonds. The number of hydrogen-bond donors (Lipinski definition) is 1. The zero-order valence-electron chi connectivity index (χ0n) is 10.1. The second kappa shape index (κ2) is 7.49. The third kappa shape index (κ3) is 4.38. The van der Waals surface area contributed by atoms with Gasteiger partial charge in [0.1, 0.15) is 17.7 Å². The van der Waals surface area contributed by atoms with Crippen LogP contribution in [0.3, 0.4) is 0 Å². The molecule has 3 heteroatoms. The molecule has 0 bridgehead atoms. The molecule has 0 aliphatic heterocycles. The molecule has 3 nitrogen and oxygen atoms in total. The van der Waals surface area contributed by atoms with Crippen LogP contribution in [0.5, 0.6) is 0 Å². The highest BCUT2D eigenvalue weighted by Gasteiger charge is 1.90. The number of nitrogens with zero attached hydrogens (tertiary/aromatic N) is 2. The second-order valence-corrected chi connectivity index (χ2v) is 3.51. The van der Waals surface area contributed by atoms with Crippen LogP contribution in [-0.4, -0.2) is 0 Å². The predicted molar refractivity (Wildman–Crippen MR) is 72.4 cm³/mol. The number of rotatable bonds is 4. The molecule has 0 unspecified atom stereocenters. The molecule has 18 heavy (non-hydrogen) atoms. The maximum absolute atomic E-state index is 8.50. The third-order valence-electron chi connectivity index (χ3n) is 2.21. The van der Waals surface area contributed by atoms with Crippen LogP contribution in [0, 0.1) is 29.6 Å². The fourth-order valence-corrected chi connectivity index (χ4v) is 1.24. The fourth-order valence-electron chi connectivity index (χ4n) is 1.24. The summed E-state index contributed by atoms with van der Waals surface area (Å²) in [4.78, 5) is 0. The van der Waals surface area contributed by atoms with Gasteiger partial charge in [0.2, 0.25) is 0 Å². The van der Waals surface area contributed by atoms with E-state index < -0.39 is 0 Å². The number of allylic oxidation sites excluding steroid dienone is 5. The minimum absolute atomic E-state index is 0.0894. The van der Waals surface area contributed by atoms with Crippen molar-refractivity contribution >= 4 is 5.69 Å². The van der Waals surface area contributed by atoms with Crippen molar-refractivity contribution in [3.05, 3.63) is 65.9 Å². The second-order valence-electron chi connectivity index (χ2n) is 3.51. The molecular weight excluding hydrogens is 222 g/mol. The van der Waals surface area contributed by atoms with Crippen molar-refractivity contribution in [2.45, 2.75) is 6.92 Å². The summed E-state index contributed by atoms with van der Waals surface area (Å²) in [7, 11) is 0. The number of anilines is 1. The van der Waals surface area contributed by atoms with E-state index in [0.29, 0.717) is 0 Å². The summed E-state index contributed by atoms with van der Waals surface area (Å²) in [5.74, 6) is 0. The minimum atomic E-state index is 0.0894. The SMILES string of the molecule is Cc1ccccc1N/C=C/C=C/C=C(C#N)C#N. The average molecular weight is 235 g/mol. The summed E-state index contributed by atoms with van der Waals surface area (Å²) >= 11 is 0. The van der Waals surface area contributed by atoms with Crippen molar-refractivity contribution in [2.24, 2.45) is 0 Å². The molecule has 0 atom stereocenters. The van der Waals surface area contributed by atoms with Crippen molar-refractivity contribution in [1.29, 1.82) is 10.5 Å². The molecule has 1 aromatic carbocycles. The van der Waals surface area contributed by atoms with Gasteiger partial charge in [0.25, 0.3) is 0 Å². The van der Waals surface area contributed by atoms with E-state index in [-0.39, 0.29) is 5.57 Å². The van der Waals surface area contributed by atoms with Crippen LogP contribution in [0.15, 0.2) is 60.3 Å². The van der Waals surface area contributed by atoms with Crippen molar-refractivity contribution in [1.82, 2.24) is 0 Å². The largest absolute Gasteiger partial charge is 0.361 e. The zero-order valence-corrected chi connectivity index (χ0v) is 10.1. The Hall–Kier alpha value is -2.78. The van der Waals surface area contributed by atoms with Gasteiger partial charge in [-0.05, 0) is 30.7 Å². The highest BCUT2D eigenvalue weighted by Crippen LogP contribution is 2.12. The molecule has 0 saturated carbocycles. The summed E-state index contributed by atoms with van der Waals surface area (Å²) in [5.41, 5.74) is 2.31. The molecule has 0 heterocycles. The van der Waals surface area contributed by atoms with E-state index in [9.17, 15) is 0 Å². The Kier molecular flexibility index (Phi) is 5.53. The molecule has 0 radical (unpaired) electrons. The van der Waals surface area contributed by atoms with Gasteiger partial charge < -0.3 is 5.32 Å². The molecule has 1 rings (SSSR count). The quantitative estimate of drug-likeness (QED) is 0.642. The lowest BCUT2D eigenvalue weighted by Gasteiger charge is -2.03. The Balaban J connectivity index is 2.51. The number of hydrogen-bond acceptors (Lipinski definition) is 3. The predicted octanol–water partition coefficient (Wildman–Crippen LogP) is 3.45. The van der Waals surface area contributed by atoms with Crippen LogP contribution in [0.2, 0.25) is 0 Å². The van der Waals surface area contributed by atoms with Crippen LogP contribution >= 0.6 is 0 Å². The summed E-state index contributed by atoms with van der Waals surface area (Å²) in [6.45, 7) is 2.03. The third-order valence-corrected chi connectivity index (χ3v) is 2.21. The molecule has 0 aliphatic rings. The van der Waals surface area contributed by atoms with Crippen molar-refractivity contribution in [2.75, 3.05) is 5.32 Å². The molecule has 1 aromatic rings. The Morgan fingerprint density at radius 1 is 1.11 bits per heavy atom. The molecule has 0 aromatic heterocycles. The van der Waals surface area contributed by atoms with E-state index in [4.69, 9.17) is 10.5 Å². The molecule has 0 fully saturated rings. The monoisotopic (exact) mass is 235 g/mol. The molecule has 0 spiro atoms. The first-order valence-electron chi connectivity index (χ1n) is 5.44. The van der Waals surface area contributed by atoms with Crippen LogP contribution in [0.25, 0.3) is 0 Å². The van der Waals surface area contributed by atoms with Gasteiger partial charge in [0, 0.05) is 11.9 Å². The van der Waals surface area contributed by atoms with E-state index in [1.54, 1.807) is 36.6 Å². The standard InChI is InChI=1S/C15H13N3/c1-13-7-4-5-9-15(13)18-10-6-2-3-8-14(11-16)12-17/h2-10,18H,1H3/b3-2+,10-6+. The van der Waals surface area contributed by atoms with Gasteiger partial charge in [-0.2, -0.15) is 10.5 Å². The van der Waals surface area contributed by atoms with Crippen molar-refractivity contribution in [3.8, 4) is 12.1 Å². The normalized spacial score (nSPS) is 9.94. The van der Waals surface area contributed by atoms with Crippen LogP contribution in [0.1, 0.15) is 5.56 Å². The average Bonchev–Trinajstić information content (AvgIpc) is 2.40. The lowest BCUT2D eigenvalue weighted by atomic mass is 10.2. The van der Waals surface area contributed by atoms with E-state index in [1.807, 2.05) is 31.2 Å². The highest BCUT2D eigenvalue weighted by molar-refractivity contribution is 5.52. The van der Waals surface area contributed by atoms with Gasteiger partial charge >= 0.3 is 0 Å². The summed E-state index contributed by atoms with van der Waals surface area (Å²) < 4.78 is 0. The van der Waals surface area contributed by atoms with Crippen molar-refractivity contribution < 1.29 is 0 Å². The lowest BCUT2D eigenvalue weighted by Crippen LogP contribution is -1.89. The van der Waals surface area contributed by atoms with E-state index in [0.717, 1.165) is 5.69 Å². The van der Waals surface area contributed by atoms with Gasteiger partial charge in [-0.15, -0.1) is 0 Å². The van der Waals surface area contributed by atoms with Gasteiger partial charge in [-0.25, -0.2) is 0 Å². The van der Waals surface area contributed by atoms with Gasteiger partial charge in [0.05, 0.1) is 0 Å². The van der Waals surface area contributed by atoms with Gasteiger partial charge in [-0.3, -0.25) is 0 Å². The summed E-state index contributed by atoms with van der Waals surface area (Å²) in [6, 6.07) is 11.5. The smallest absolute Gasteiger partial charge is 0.129 e. The maximum atomic E-state index is 8.50. The molecule has 0 saturated heterocycles. The van der Waals surface area contributed by atoms with Gasteiger partial charge in [-0.1, -0.05) is 30.4 Å². The lowest BCUT2D eigenvalue weighted by molar-refractivity contribution is 1.44. The number of para-hydroxylation sites is 1. The molecular formula is C15H13N3. The highest BCUT2D eigenvalue weighted by atomic mass is 14.8. The first-order valence-corrected chi connectivity index (χ1v) is 5.44. The molecule has 0 aliphatic carbocycles. The zero-order chi connectivity index (χ0) is 13.2. The Labute approximate surface area is 107 Å². The molecule has 1 N–H and O–H groups in total. The minimum Gasteiger partial charge on any atom is -0.361 e. The topological polar surface area (TPSA) is 59.6 Å². The Morgan fingerprint density at radius 2 is 1.83 bits per heavy atom. The van der Waals surface area contributed by atoms with Gasteiger partial charge in [0.15, 0.2) is 0 Å². The van der Waals surface area contributed by atoms with E-state index >= 15 is 0 Å². The number of benzene rings is 1. The fraction of sp³-hybridized carbons (Fsp3) is 0.0667. The summed E-state index contributed by atoms with van der Waals surface area (Å²) in [6.07, 6.45) is 8.47. The van der Waals surface area contributed by atoms with Crippen LogP contribution in [0.4, 0.5) is 5.69 Å². The van der Waals surface area contributed by atoms with E-state index in [2.05, 4.69) is 5.32 Å². The number of nitrogens with one attached hydrogen (secondary N) is 1. The number of nitriles is 2. The van der Waals surface area contributed by atoms with Crippen molar-refractivity contribution in [3.63, 3.8) is 0 Å². The van der Waals surface area contributed by atoms with E-state index in [1.165, 1.54) is 11.6 Å². The summed E-state index contributed by atoms with van der Waals surface area (Å²) in [5, 5.41) is 20.2. The Bertz CT molecular complexity index is 550. The van der Waals surface area contributed by atoms with Crippen LogP contribution < -0.4 is 5.32 Å². The molecule has 88 valence electrons. The Morgan fingerprint density at radius 3 is 2.50 bits per heavy atom. The first kappa shape index (κ1) is 13.3. The van der Waals surface area contributed by atoms with Crippen LogP contribution in [-0.2, 0) is 0 Å².